The fraction of sp³-hybridized carbons (Fsp3) is 0.375. The Hall–Kier alpha value is -1.56. The zero-order valence-corrected chi connectivity index (χ0v) is 13.3. The summed E-state index contributed by atoms with van der Waals surface area (Å²) >= 11 is 1.47. The number of benzene rings is 1. The molecule has 0 amide bonds. The molecule has 5 heteroatoms. The molecule has 0 bridgehead atoms. The minimum absolute atomic E-state index is 0.219. The van der Waals surface area contributed by atoms with Gasteiger partial charge in [0.2, 0.25) is 0 Å². The molecule has 0 aliphatic rings. The fourth-order valence-electron chi connectivity index (χ4n) is 2.36. The van der Waals surface area contributed by atoms with Crippen molar-refractivity contribution in [3.05, 3.63) is 45.6 Å². The standard InChI is InChI=1S/C16H21NO3S/c1-10-4-5-14(20-3)12(6-10)13(8-17)16(18)15-7-11(19-2)9-21-15/h4-7,9,13,16,18H,8,17H2,1-3H3. The normalized spacial score (nSPS) is 13.8. The van der Waals surface area contributed by atoms with Gasteiger partial charge in [0.05, 0.1) is 20.3 Å². The van der Waals surface area contributed by atoms with Gasteiger partial charge in [0, 0.05) is 28.3 Å². The van der Waals surface area contributed by atoms with E-state index < -0.39 is 6.10 Å². The molecule has 2 atom stereocenters. The molecule has 4 nitrogen and oxygen atoms in total. The first-order valence-electron chi connectivity index (χ1n) is 6.75. The summed E-state index contributed by atoms with van der Waals surface area (Å²) < 4.78 is 10.6. The molecular weight excluding hydrogens is 286 g/mol. The Labute approximate surface area is 129 Å². The van der Waals surface area contributed by atoms with Crippen LogP contribution in [0.25, 0.3) is 0 Å². The second kappa shape index (κ2) is 6.93. The van der Waals surface area contributed by atoms with Gasteiger partial charge in [0.25, 0.3) is 0 Å². The molecule has 2 unspecified atom stereocenters. The average molecular weight is 307 g/mol. The molecule has 1 heterocycles. The molecule has 2 rings (SSSR count). The fourth-order valence-corrected chi connectivity index (χ4v) is 3.27. The predicted octanol–water partition coefficient (Wildman–Crippen LogP) is 2.85. The van der Waals surface area contributed by atoms with Crippen LogP contribution in [0, 0.1) is 6.92 Å². The van der Waals surface area contributed by atoms with Crippen LogP contribution in [0.1, 0.15) is 28.0 Å². The third-order valence-electron chi connectivity index (χ3n) is 3.54. The summed E-state index contributed by atoms with van der Waals surface area (Å²) in [5.41, 5.74) is 7.96. The van der Waals surface area contributed by atoms with E-state index in [-0.39, 0.29) is 5.92 Å². The number of methoxy groups -OCH3 is 2. The van der Waals surface area contributed by atoms with Gasteiger partial charge < -0.3 is 20.3 Å². The largest absolute Gasteiger partial charge is 0.496 e. The highest BCUT2D eigenvalue weighted by Crippen LogP contribution is 2.39. The maximum absolute atomic E-state index is 10.7. The van der Waals surface area contributed by atoms with Crippen LogP contribution in [-0.4, -0.2) is 25.9 Å². The van der Waals surface area contributed by atoms with Crippen molar-refractivity contribution in [2.24, 2.45) is 5.73 Å². The third-order valence-corrected chi connectivity index (χ3v) is 4.52. The molecule has 1 aromatic heterocycles. The van der Waals surface area contributed by atoms with Crippen LogP contribution in [0.4, 0.5) is 0 Å². The zero-order valence-electron chi connectivity index (χ0n) is 12.5. The van der Waals surface area contributed by atoms with Crippen LogP contribution in [0.15, 0.2) is 29.6 Å². The summed E-state index contributed by atoms with van der Waals surface area (Å²) in [6, 6.07) is 7.76. The summed E-state index contributed by atoms with van der Waals surface area (Å²) in [5, 5.41) is 12.5. The first-order chi connectivity index (χ1) is 10.1. The first kappa shape index (κ1) is 15.8. The van der Waals surface area contributed by atoms with Gasteiger partial charge in [-0.3, -0.25) is 0 Å². The Bertz CT molecular complexity index is 597. The van der Waals surface area contributed by atoms with Crippen molar-refractivity contribution >= 4 is 11.3 Å². The summed E-state index contributed by atoms with van der Waals surface area (Å²) in [6.07, 6.45) is -0.681. The number of hydrogen-bond donors (Lipinski definition) is 2. The van der Waals surface area contributed by atoms with E-state index in [1.54, 1.807) is 14.2 Å². The summed E-state index contributed by atoms with van der Waals surface area (Å²) in [4.78, 5) is 0.839. The second-order valence-corrected chi connectivity index (χ2v) is 5.86. The number of aliphatic hydroxyl groups is 1. The van der Waals surface area contributed by atoms with E-state index in [0.717, 1.165) is 27.5 Å². The van der Waals surface area contributed by atoms with Crippen molar-refractivity contribution in [2.75, 3.05) is 20.8 Å². The maximum atomic E-state index is 10.7. The number of nitrogens with two attached hydrogens (primary N) is 1. The van der Waals surface area contributed by atoms with E-state index in [4.69, 9.17) is 15.2 Å². The molecule has 0 fully saturated rings. The molecule has 0 spiro atoms. The molecule has 0 aliphatic carbocycles. The molecule has 3 N–H and O–H groups in total. The average Bonchev–Trinajstić information content (AvgIpc) is 2.97. The Balaban J connectivity index is 2.36. The van der Waals surface area contributed by atoms with Crippen molar-refractivity contribution in [1.29, 1.82) is 0 Å². The molecule has 0 saturated heterocycles. The Morgan fingerprint density at radius 2 is 2.00 bits per heavy atom. The van der Waals surface area contributed by atoms with Gasteiger partial charge in [0.15, 0.2) is 0 Å². The summed E-state index contributed by atoms with van der Waals surface area (Å²) in [5.74, 6) is 1.28. The molecule has 0 aliphatic heterocycles. The van der Waals surface area contributed by atoms with Gasteiger partial charge >= 0.3 is 0 Å². The van der Waals surface area contributed by atoms with Crippen molar-refractivity contribution in [1.82, 2.24) is 0 Å². The van der Waals surface area contributed by atoms with Crippen LogP contribution in [-0.2, 0) is 0 Å². The predicted molar refractivity (Wildman–Crippen MR) is 85.4 cm³/mol. The van der Waals surface area contributed by atoms with Gasteiger partial charge in [-0.1, -0.05) is 17.7 Å². The van der Waals surface area contributed by atoms with Crippen LogP contribution >= 0.6 is 11.3 Å². The van der Waals surface area contributed by atoms with Crippen LogP contribution in [0.5, 0.6) is 11.5 Å². The quantitative estimate of drug-likeness (QED) is 0.861. The lowest BCUT2D eigenvalue weighted by Crippen LogP contribution is -2.20. The van der Waals surface area contributed by atoms with Gasteiger partial charge in [-0.2, -0.15) is 0 Å². The molecule has 114 valence electrons. The number of aryl methyl sites for hydroxylation is 1. The van der Waals surface area contributed by atoms with E-state index in [0.29, 0.717) is 6.54 Å². The van der Waals surface area contributed by atoms with Gasteiger partial charge in [-0.15, -0.1) is 11.3 Å². The Morgan fingerprint density at radius 3 is 2.57 bits per heavy atom. The molecule has 0 saturated carbocycles. The van der Waals surface area contributed by atoms with Gasteiger partial charge in [-0.05, 0) is 19.1 Å². The highest BCUT2D eigenvalue weighted by Gasteiger charge is 2.26. The topological polar surface area (TPSA) is 64.7 Å². The summed E-state index contributed by atoms with van der Waals surface area (Å²) in [7, 11) is 3.24. The lowest BCUT2D eigenvalue weighted by Gasteiger charge is -2.23. The smallest absolute Gasteiger partial charge is 0.129 e. The molecule has 2 aromatic rings. The van der Waals surface area contributed by atoms with Crippen molar-refractivity contribution in [3.8, 4) is 11.5 Å². The number of thiophene rings is 1. The monoisotopic (exact) mass is 307 g/mol. The minimum atomic E-state index is -0.681. The SMILES string of the molecule is COc1csc(C(O)C(CN)c2cc(C)ccc2OC)c1. The van der Waals surface area contributed by atoms with Crippen LogP contribution in [0.3, 0.4) is 0 Å². The first-order valence-corrected chi connectivity index (χ1v) is 7.63. The number of ether oxygens (including phenoxy) is 2. The van der Waals surface area contributed by atoms with Crippen LogP contribution in [0.2, 0.25) is 0 Å². The number of aliphatic hydroxyl groups excluding tert-OH is 1. The van der Waals surface area contributed by atoms with Crippen molar-refractivity contribution in [2.45, 2.75) is 18.9 Å². The van der Waals surface area contributed by atoms with Crippen molar-refractivity contribution in [3.63, 3.8) is 0 Å². The molecule has 21 heavy (non-hydrogen) atoms. The van der Waals surface area contributed by atoms with E-state index in [1.807, 2.05) is 36.6 Å². The summed E-state index contributed by atoms with van der Waals surface area (Å²) in [6.45, 7) is 2.35. The Kier molecular flexibility index (Phi) is 5.22. The molecule has 1 aromatic carbocycles. The van der Waals surface area contributed by atoms with Crippen molar-refractivity contribution < 1.29 is 14.6 Å². The highest BCUT2D eigenvalue weighted by molar-refractivity contribution is 7.10. The molecule has 0 radical (unpaired) electrons. The highest BCUT2D eigenvalue weighted by atomic mass is 32.1. The van der Waals surface area contributed by atoms with E-state index >= 15 is 0 Å². The third kappa shape index (κ3) is 3.37. The maximum Gasteiger partial charge on any atom is 0.129 e. The van der Waals surface area contributed by atoms with E-state index in [1.165, 1.54) is 11.3 Å². The second-order valence-electron chi connectivity index (χ2n) is 4.92. The van der Waals surface area contributed by atoms with E-state index in [2.05, 4.69) is 0 Å². The number of hydrogen-bond acceptors (Lipinski definition) is 5. The van der Waals surface area contributed by atoms with E-state index in [9.17, 15) is 5.11 Å². The molecular formula is C16H21NO3S. The van der Waals surface area contributed by atoms with Crippen LogP contribution < -0.4 is 15.2 Å². The number of rotatable bonds is 6. The minimum Gasteiger partial charge on any atom is -0.496 e. The van der Waals surface area contributed by atoms with Gasteiger partial charge in [-0.25, -0.2) is 0 Å². The lowest BCUT2D eigenvalue weighted by atomic mass is 9.90. The van der Waals surface area contributed by atoms with Gasteiger partial charge in [0.1, 0.15) is 11.5 Å². The zero-order chi connectivity index (χ0) is 15.4. The Morgan fingerprint density at radius 1 is 1.24 bits per heavy atom. The lowest BCUT2D eigenvalue weighted by molar-refractivity contribution is 0.149.